The molecule has 1 aliphatic heterocycles. The van der Waals surface area contributed by atoms with Gasteiger partial charge in [0.1, 0.15) is 0 Å². The van der Waals surface area contributed by atoms with Crippen LogP contribution >= 0.6 is 0 Å². The largest absolute Gasteiger partial charge is 0.311 e. The lowest BCUT2D eigenvalue weighted by atomic mass is 9.59. The molecule has 49 heavy (non-hydrogen) atoms. The lowest BCUT2D eigenvalue weighted by Crippen LogP contribution is -2.42. The number of nitrogens with zero attached hydrogens (tertiary/aromatic N) is 3. The maximum atomic E-state index is 2.45. The molecule has 3 nitrogen and oxygen atoms in total. The second kappa shape index (κ2) is 12.9. The molecule has 4 heteroatoms. The molecule has 7 aromatic carbocycles. The van der Waals surface area contributed by atoms with Crippen LogP contribution < -0.4 is 25.6 Å². The summed E-state index contributed by atoms with van der Waals surface area (Å²) in [7, 11) is 0.814. The maximum absolute atomic E-state index is 2.45. The zero-order valence-electron chi connectivity index (χ0n) is 28.2. The van der Waals surface area contributed by atoms with Crippen molar-refractivity contribution >= 4 is 69.4 Å². The molecule has 8 rings (SSSR count). The Kier molecular flexibility index (Phi) is 7.99. The van der Waals surface area contributed by atoms with E-state index >= 15 is 0 Å². The highest BCUT2D eigenvalue weighted by Crippen LogP contribution is 2.43. The number of anilines is 9. The molecule has 1 aliphatic rings. The number of fused-ring (bicyclic) bond motifs is 2. The zero-order chi connectivity index (χ0) is 33.3. The minimum absolute atomic E-state index is 0.814. The molecule has 0 aromatic heterocycles. The van der Waals surface area contributed by atoms with Crippen molar-refractivity contribution in [3.05, 3.63) is 187 Å². The molecular weight excluding hydrogens is 593 g/mol. The Morgan fingerprint density at radius 1 is 0.429 bits per heavy atom. The van der Waals surface area contributed by atoms with Crippen LogP contribution in [-0.2, 0) is 0 Å². The van der Waals surface area contributed by atoms with Gasteiger partial charge in [-0.15, -0.1) is 0 Å². The first-order chi connectivity index (χ1) is 24.0. The Morgan fingerprint density at radius 2 is 1.02 bits per heavy atom. The molecule has 0 bridgehead atoms. The molecule has 236 valence electrons. The third-order valence-corrected chi connectivity index (χ3v) is 9.47. The van der Waals surface area contributed by atoms with Crippen LogP contribution in [0.15, 0.2) is 170 Å². The van der Waals surface area contributed by atoms with E-state index in [2.05, 4.69) is 205 Å². The van der Waals surface area contributed by atoms with E-state index in [0.717, 1.165) is 35.7 Å². The lowest BCUT2D eigenvalue weighted by molar-refractivity contribution is 1.23. The van der Waals surface area contributed by atoms with Gasteiger partial charge in [0.25, 0.3) is 0 Å². The third kappa shape index (κ3) is 5.76. The van der Waals surface area contributed by atoms with Crippen molar-refractivity contribution in [3.8, 4) is 0 Å². The van der Waals surface area contributed by atoms with E-state index in [0.29, 0.717) is 0 Å². The number of para-hydroxylation sites is 3. The topological polar surface area (TPSA) is 9.72 Å². The zero-order valence-corrected chi connectivity index (χ0v) is 28.2. The van der Waals surface area contributed by atoms with Gasteiger partial charge in [-0.1, -0.05) is 108 Å². The van der Waals surface area contributed by atoms with Crippen LogP contribution in [0.5, 0.6) is 0 Å². The highest BCUT2D eigenvalue weighted by Gasteiger charge is 2.30. The Labute approximate surface area is 290 Å². The predicted octanol–water partition coefficient (Wildman–Crippen LogP) is 10.7. The minimum Gasteiger partial charge on any atom is -0.311 e. The monoisotopic (exact) mass is 631 g/mol. The molecule has 0 fully saturated rings. The van der Waals surface area contributed by atoms with E-state index in [-0.39, 0.29) is 0 Å². The smallest absolute Gasteiger partial charge is 0.200 e. The van der Waals surface area contributed by atoms with E-state index in [4.69, 9.17) is 0 Å². The molecule has 0 radical (unpaired) electrons. The third-order valence-electron chi connectivity index (χ3n) is 9.47. The minimum atomic E-state index is 0.814. The average molecular weight is 632 g/mol. The second-order valence-corrected chi connectivity index (χ2v) is 12.9. The van der Waals surface area contributed by atoms with Crippen molar-refractivity contribution in [1.29, 1.82) is 0 Å². The van der Waals surface area contributed by atoms with Crippen LogP contribution in [0.4, 0.5) is 51.2 Å². The summed E-state index contributed by atoms with van der Waals surface area (Å²) in [6, 6.07) is 61.5. The number of hydrogen-bond donors (Lipinski definition) is 0. The SMILES string of the molecule is Cc1ccc(N(c2ccc(C)cc2C)c2cccc3c2Bc2ccc(N(c4ccccc4)c4ccccc4)cc2N3c2ccccc2)cc1. The molecule has 0 atom stereocenters. The molecule has 0 aliphatic carbocycles. The summed E-state index contributed by atoms with van der Waals surface area (Å²) in [5, 5.41) is 0. The first-order valence-electron chi connectivity index (χ1n) is 17.0. The number of rotatable bonds is 7. The van der Waals surface area contributed by atoms with Gasteiger partial charge < -0.3 is 14.7 Å². The summed E-state index contributed by atoms with van der Waals surface area (Å²) in [4.78, 5) is 7.24. The van der Waals surface area contributed by atoms with Gasteiger partial charge in [-0.2, -0.15) is 0 Å². The second-order valence-electron chi connectivity index (χ2n) is 12.9. The fourth-order valence-electron chi connectivity index (χ4n) is 7.15. The van der Waals surface area contributed by atoms with Crippen LogP contribution in [0.1, 0.15) is 16.7 Å². The molecule has 0 N–H and O–H groups in total. The van der Waals surface area contributed by atoms with Gasteiger partial charge in [0, 0.05) is 51.2 Å². The van der Waals surface area contributed by atoms with E-state index in [1.54, 1.807) is 0 Å². The van der Waals surface area contributed by atoms with Gasteiger partial charge in [0.05, 0.1) is 0 Å². The van der Waals surface area contributed by atoms with Gasteiger partial charge in [-0.05, 0) is 111 Å². The van der Waals surface area contributed by atoms with E-state index < -0.39 is 0 Å². The number of benzene rings is 7. The number of aryl methyl sites for hydroxylation is 3. The van der Waals surface area contributed by atoms with Crippen LogP contribution in [-0.4, -0.2) is 7.28 Å². The molecule has 0 saturated heterocycles. The average Bonchev–Trinajstić information content (AvgIpc) is 3.14. The van der Waals surface area contributed by atoms with Crippen molar-refractivity contribution < 1.29 is 0 Å². The van der Waals surface area contributed by atoms with Crippen molar-refractivity contribution in [2.45, 2.75) is 20.8 Å². The van der Waals surface area contributed by atoms with Crippen LogP contribution in [0.25, 0.3) is 0 Å². The van der Waals surface area contributed by atoms with E-state index in [1.165, 1.54) is 50.4 Å². The number of hydrogen-bond acceptors (Lipinski definition) is 3. The van der Waals surface area contributed by atoms with Crippen LogP contribution in [0.2, 0.25) is 0 Å². The molecule has 1 heterocycles. The standard InChI is InChI=1S/C45H38BN3/c1-32-22-25-38(26-23-32)48(41-29-24-33(2)30-34(41)3)42-20-13-21-43-45(42)46-40-28-27-39(31-44(40)49(43)37-18-11-6-12-19-37)47(35-14-7-4-8-15-35)36-16-9-5-10-17-36/h4-31,46H,1-3H3. The first-order valence-corrected chi connectivity index (χ1v) is 17.0. The highest BCUT2D eigenvalue weighted by molar-refractivity contribution is 6.73. The van der Waals surface area contributed by atoms with Gasteiger partial charge in [0.15, 0.2) is 0 Å². The summed E-state index contributed by atoms with van der Waals surface area (Å²) in [6.45, 7) is 6.53. The van der Waals surface area contributed by atoms with Crippen molar-refractivity contribution in [2.24, 2.45) is 0 Å². The van der Waals surface area contributed by atoms with Crippen molar-refractivity contribution in [3.63, 3.8) is 0 Å². The van der Waals surface area contributed by atoms with Crippen LogP contribution in [0.3, 0.4) is 0 Å². The Morgan fingerprint density at radius 3 is 1.67 bits per heavy atom. The highest BCUT2D eigenvalue weighted by atomic mass is 15.2. The molecule has 7 aromatic rings. The predicted molar refractivity (Wildman–Crippen MR) is 211 cm³/mol. The molecule has 0 saturated carbocycles. The molecule has 0 unspecified atom stereocenters. The molecular formula is C45H38BN3. The summed E-state index contributed by atoms with van der Waals surface area (Å²) in [6.07, 6.45) is 0. The van der Waals surface area contributed by atoms with Gasteiger partial charge >= 0.3 is 0 Å². The van der Waals surface area contributed by atoms with E-state index in [9.17, 15) is 0 Å². The van der Waals surface area contributed by atoms with E-state index in [1.807, 2.05) is 0 Å². The first kappa shape index (κ1) is 30.3. The Bertz CT molecular complexity index is 2190. The fraction of sp³-hybridized carbons (Fsp3) is 0.0667. The van der Waals surface area contributed by atoms with Crippen LogP contribution in [0, 0.1) is 20.8 Å². The lowest BCUT2D eigenvalue weighted by Gasteiger charge is -2.38. The summed E-state index contributed by atoms with van der Waals surface area (Å²) in [5.74, 6) is 0. The Hall–Kier alpha value is -6.00. The quantitative estimate of drug-likeness (QED) is 0.162. The summed E-state index contributed by atoms with van der Waals surface area (Å²) >= 11 is 0. The molecule has 0 amide bonds. The maximum Gasteiger partial charge on any atom is 0.200 e. The summed E-state index contributed by atoms with van der Waals surface area (Å²) < 4.78 is 0. The normalized spacial score (nSPS) is 11.7. The molecule has 0 spiro atoms. The van der Waals surface area contributed by atoms with Gasteiger partial charge in [-0.3, -0.25) is 0 Å². The van der Waals surface area contributed by atoms with Gasteiger partial charge in [-0.25, -0.2) is 0 Å². The fourth-order valence-corrected chi connectivity index (χ4v) is 7.15. The summed E-state index contributed by atoms with van der Waals surface area (Å²) in [5.41, 5.74) is 16.8. The van der Waals surface area contributed by atoms with Crippen molar-refractivity contribution in [1.82, 2.24) is 0 Å². The van der Waals surface area contributed by atoms with Gasteiger partial charge in [0.2, 0.25) is 7.28 Å². The Balaban J connectivity index is 1.33. The van der Waals surface area contributed by atoms with Crippen molar-refractivity contribution in [2.75, 3.05) is 14.7 Å².